The van der Waals surface area contributed by atoms with Gasteiger partial charge in [-0.25, -0.2) is 0 Å². The zero-order chi connectivity index (χ0) is 21.5. The van der Waals surface area contributed by atoms with Crippen LogP contribution >= 0.6 is 0 Å². The first-order chi connectivity index (χ1) is 14.3. The van der Waals surface area contributed by atoms with E-state index >= 15 is 0 Å². The molecule has 2 saturated heterocycles. The van der Waals surface area contributed by atoms with Crippen molar-refractivity contribution in [2.24, 2.45) is 17.3 Å². The molecule has 1 amide bonds. The minimum Gasteiger partial charge on any atom is -0.384 e. The summed E-state index contributed by atoms with van der Waals surface area (Å²) in [6.45, 7) is 3.17. The van der Waals surface area contributed by atoms with Gasteiger partial charge in [-0.2, -0.15) is 18.4 Å². The lowest BCUT2D eigenvalue weighted by molar-refractivity contribution is -0.138. The summed E-state index contributed by atoms with van der Waals surface area (Å²) in [4.78, 5) is 16.3. The number of carbonyl (C=O) groups is 1. The van der Waals surface area contributed by atoms with Crippen LogP contribution in [0.2, 0.25) is 0 Å². The van der Waals surface area contributed by atoms with Gasteiger partial charge in [-0.15, -0.1) is 0 Å². The number of rotatable bonds is 4. The molecule has 1 aromatic rings. The van der Waals surface area contributed by atoms with Crippen molar-refractivity contribution in [3.63, 3.8) is 0 Å². The number of hydrogen-bond donors (Lipinski definition) is 0. The van der Waals surface area contributed by atoms with Crippen LogP contribution in [0.1, 0.15) is 36.8 Å². The van der Waals surface area contributed by atoms with E-state index in [-0.39, 0.29) is 28.7 Å². The highest BCUT2D eigenvalue weighted by Crippen LogP contribution is 2.47. The van der Waals surface area contributed by atoms with Crippen molar-refractivity contribution < 1.29 is 22.7 Å². The number of carbonyl (C=O) groups excluding carboxylic acids is 1. The van der Waals surface area contributed by atoms with Crippen molar-refractivity contribution in [3.8, 4) is 6.07 Å². The normalized spacial score (nSPS) is 23.6. The van der Waals surface area contributed by atoms with Gasteiger partial charge in [-0.05, 0) is 49.3 Å². The Kier molecular flexibility index (Phi) is 5.43. The van der Waals surface area contributed by atoms with Gasteiger partial charge >= 0.3 is 6.18 Å². The maximum Gasteiger partial charge on any atom is 0.417 e. The predicted molar refractivity (Wildman–Crippen MR) is 105 cm³/mol. The van der Waals surface area contributed by atoms with Gasteiger partial charge in [0.25, 0.3) is 0 Å². The lowest BCUT2D eigenvalue weighted by atomic mass is 9.71. The molecule has 0 bridgehead atoms. The summed E-state index contributed by atoms with van der Waals surface area (Å²) >= 11 is 0. The van der Waals surface area contributed by atoms with Gasteiger partial charge in [-0.3, -0.25) is 4.79 Å². The number of benzene rings is 1. The molecule has 2 aliphatic heterocycles. The van der Waals surface area contributed by atoms with Crippen molar-refractivity contribution in [1.82, 2.24) is 4.90 Å². The summed E-state index contributed by atoms with van der Waals surface area (Å²) in [5.41, 5.74) is -0.851. The van der Waals surface area contributed by atoms with Crippen LogP contribution in [0.15, 0.2) is 18.2 Å². The third-order valence-electron chi connectivity index (χ3n) is 6.97. The second kappa shape index (κ2) is 7.77. The number of likely N-dealkylation sites (tertiary alicyclic amines) is 1. The Balaban J connectivity index is 1.54. The van der Waals surface area contributed by atoms with Crippen LogP contribution in [0.3, 0.4) is 0 Å². The molecule has 30 heavy (non-hydrogen) atoms. The molecule has 0 aromatic heterocycles. The molecule has 1 spiro atoms. The Hall–Kier alpha value is -2.27. The third-order valence-corrected chi connectivity index (χ3v) is 6.97. The van der Waals surface area contributed by atoms with E-state index in [0.29, 0.717) is 38.5 Å². The molecule has 1 aliphatic carbocycles. The standard InChI is InChI=1S/C22H26F3N3O2/c1-30-13-17-12-28(18-5-4-16(11-26)19(10-18)22(23,24)25)14-21(17)6-8-27(9-7-21)20(29)15-2-3-15/h4-5,10,15,17H,2-3,6-9,12-14H2,1H3. The van der Waals surface area contributed by atoms with Gasteiger partial charge in [0.15, 0.2) is 0 Å². The Morgan fingerprint density at radius 2 is 2.00 bits per heavy atom. The second-order valence-corrected chi connectivity index (χ2v) is 8.83. The van der Waals surface area contributed by atoms with E-state index in [1.54, 1.807) is 19.2 Å². The van der Waals surface area contributed by atoms with Gasteiger partial charge in [0.2, 0.25) is 5.91 Å². The number of nitriles is 1. The van der Waals surface area contributed by atoms with Crippen LogP contribution in [-0.2, 0) is 15.7 Å². The fourth-order valence-electron chi connectivity index (χ4n) is 5.05. The summed E-state index contributed by atoms with van der Waals surface area (Å²) in [5, 5.41) is 9.05. The van der Waals surface area contributed by atoms with Gasteiger partial charge in [0, 0.05) is 50.8 Å². The fraction of sp³-hybridized carbons (Fsp3) is 0.636. The van der Waals surface area contributed by atoms with Crippen molar-refractivity contribution >= 4 is 11.6 Å². The van der Waals surface area contributed by atoms with Crippen LogP contribution < -0.4 is 4.90 Å². The molecular weight excluding hydrogens is 395 g/mol. The molecule has 5 nitrogen and oxygen atoms in total. The average Bonchev–Trinajstić information content (AvgIpc) is 3.52. The number of piperidine rings is 1. The lowest BCUT2D eigenvalue weighted by Gasteiger charge is -2.42. The summed E-state index contributed by atoms with van der Waals surface area (Å²) in [5.74, 6) is 0.643. The Morgan fingerprint density at radius 1 is 1.30 bits per heavy atom. The molecule has 4 rings (SSSR count). The molecule has 2 heterocycles. The number of nitrogens with zero attached hydrogens (tertiary/aromatic N) is 3. The predicted octanol–water partition coefficient (Wildman–Crippen LogP) is 3.68. The monoisotopic (exact) mass is 421 g/mol. The van der Waals surface area contributed by atoms with E-state index in [1.165, 1.54) is 6.07 Å². The summed E-state index contributed by atoms with van der Waals surface area (Å²) in [6, 6.07) is 5.58. The maximum absolute atomic E-state index is 13.4. The molecule has 8 heteroatoms. The summed E-state index contributed by atoms with van der Waals surface area (Å²) in [7, 11) is 1.64. The number of anilines is 1. The number of amides is 1. The number of hydrogen-bond acceptors (Lipinski definition) is 4. The average molecular weight is 421 g/mol. The molecule has 0 radical (unpaired) electrons. The SMILES string of the molecule is COCC1CN(c2ccc(C#N)c(C(F)(F)F)c2)CC12CCN(C(=O)C1CC1)CC2. The molecule has 1 aromatic carbocycles. The number of ether oxygens (including phenoxy) is 1. The number of alkyl halides is 3. The molecule has 3 fully saturated rings. The van der Waals surface area contributed by atoms with E-state index in [9.17, 15) is 18.0 Å². The van der Waals surface area contributed by atoms with E-state index in [4.69, 9.17) is 10.00 Å². The summed E-state index contributed by atoms with van der Waals surface area (Å²) in [6.07, 6.45) is -0.933. The van der Waals surface area contributed by atoms with Gasteiger partial charge in [0.05, 0.1) is 23.8 Å². The minimum absolute atomic E-state index is 0.0807. The van der Waals surface area contributed by atoms with Crippen molar-refractivity contribution in [1.29, 1.82) is 5.26 Å². The molecule has 162 valence electrons. The van der Waals surface area contributed by atoms with Crippen molar-refractivity contribution in [3.05, 3.63) is 29.3 Å². The first-order valence-corrected chi connectivity index (χ1v) is 10.4. The molecular formula is C22H26F3N3O2. The molecule has 1 atom stereocenters. The molecule has 1 saturated carbocycles. The topological polar surface area (TPSA) is 56.6 Å². The Morgan fingerprint density at radius 3 is 2.57 bits per heavy atom. The first-order valence-electron chi connectivity index (χ1n) is 10.4. The van der Waals surface area contributed by atoms with Crippen molar-refractivity contribution in [2.75, 3.05) is 44.8 Å². The minimum atomic E-state index is -4.57. The van der Waals surface area contributed by atoms with E-state index < -0.39 is 11.7 Å². The van der Waals surface area contributed by atoms with E-state index in [1.807, 2.05) is 9.80 Å². The largest absolute Gasteiger partial charge is 0.417 e. The van der Waals surface area contributed by atoms with Gasteiger partial charge in [-0.1, -0.05) is 0 Å². The molecule has 3 aliphatic rings. The fourth-order valence-corrected chi connectivity index (χ4v) is 5.05. The van der Waals surface area contributed by atoms with Gasteiger partial charge in [0.1, 0.15) is 0 Å². The zero-order valence-corrected chi connectivity index (χ0v) is 17.0. The number of halogens is 3. The van der Waals surface area contributed by atoms with E-state index in [2.05, 4.69) is 0 Å². The highest BCUT2D eigenvalue weighted by Gasteiger charge is 2.49. The summed E-state index contributed by atoms with van der Waals surface area (Å²) < 4.78 is 45.7. The first kappa shape index (κ1) is 21.0. The number of methoxy groups -OCH3 is 1. The second-order valence-electron chi connectivity index (χ2n) is 8.83. The molecule has 0 N–H and O–H groups in total. The zero-order valence-electron chi connectivity index (χ0n) is 17.0. The smallest absolute Gasteiger partial charge is 0.384 e. The van der Waals surface area contributed by atoms with Crippen LogP contribution in [0, 0.1) is 28.6 Å². The highest BCUT2D eigenvalue weighted by molar-refractivity contribution is 5.81. The lowest BCUT2D eigenvalue weighted by Crippen LogP contribution is -2.47. The molecule has 1 unspecified atom stereocenters. The van der Waals surface area contributed by atoms with Crippen LogP contribution in [0.25, 0.3) is 0 Å². The highest BCUT2D eigenvalue weighted by atomic mass is 19.4. The van der Waals surface area contributed by atoms with E-state index in [0.717, 1.165) is 31.7 Å². The van der Waals surface area contributed by atoms with Gasteiger partial charge < -0.3 is 14.5 Å². The Labute approximate surface area is 174 Å². The maximum atomic E-state index is 13.4. The third kappa shape index (κ3) is 3.87. The van der Waals surface area contributed by atoms with Crippen LogP contribution in [-0.4, -0.2) is 50.7 Å². The van der Waals surface area contributed by atoms with Crippen LogP contribution in [0.4, 0.5) is 18.9 Å². The van der Waals surface area contributed by atoms with Crippen molar-refractivity contribution in [2.45, 2.75) is 31.9 Å². The quantitative estimate of drug-likeness (QED) is 0.744. The Bertz CT molecular complexity index is 852. The van der Waals surface area contributed by atoms with Crippen LogP contribution in [0.5, 0.6) is 0 Å².